The standard InChI is InChI=1S/C11H16N2O6S/c1-18-11-5-4-9(8-10(11)13(14)15)19-6-2-3-7-20(12,16)17/h4-5,8H,2-3,6-7H2,1H3,(H2,12,16,17). The molecule has 1 aromatic carbocycles. The van der Waals surface area contributed by atoms with Crippen molar-refractivity contribution in [3.05, 3.63) is 28.3 Å². The summed E-state index contributed by atoms with van der Waals surface area (Å²) in [5.74, 6) is 0.365. The molecule has 0 radical (unpaired) electrons. The van der Waals surface area contributed by atoms with Gasteiger partial charge in [0.25, 0.3) is 0 Å². The number of nitrogens with zero attached hydrogens (tertiary/aromatic N) is 1. The van der Waals surface area contributed by atoms with Gasteiger partial charge < -0.3 is 9.47 Å². The highest BCUT2D eigenvalue weighted by Crippen LogP contribution is 2.30. The summed E-state index contributed by atoms with van der Waals surface area (Å²) in [5.41, 5.74) is -0.186. The predicted octanol–water partition coefficient (Wildman–Crippen LogP) is 1.05. The van der Waals surface area contributed by atoms with Gasteiger partial charge in [0, 0.05) is 0 Å². The third-order valence-electron chi connectivity index (χ3n) is 2.44. The van der Waals surface area contributed by atoms with Crippen LogP contribution >= 0.6 is 0 Å². The topological polar surface area (TPSA) is 122 Å². The van der Waals surface area contributed by atoms with E-state index in [1.807, 2.05) is 0 Å². The lowest BCUT2D eigenvalue weighted by atomic mass is 10.3. The number of primary sulfonamides is 1. The van der Waals surface area contributed by atoms with Crippen LogP contribution in [0.3, 0.4) is 0 Å². The molecule has 0 saturated carbocycles. The minimum absolute atomic E-state index is 0.112. The Morgan fingerprint density at radius 1 is 1.35 bits per heavy atom. The molecule has 20 heavy (non-hydrogen) atoms. The zero-order chi connectivity index (χ0) is 15.2. The molecule has 0 bridgehead atoms. The SMILES string of the molecule is COc1ccc(OCCCCS(N)(=O)=O)cc1[N+](=O)[O-]. The van der Waals surface area contributed by atoms with E-state index in [-0.39, 0.29) is 23.8 Å². The summed E-state index contributed by atoms with van der Waals surface area (Å²) < 4.78 is 31.6. The molecular formula is C11H16N2O6S. The Kier molecular flexibility index (Phi) is 5.71. The van der Waals surface area contributed by atoms with E-state index in [9.17, 15) is 18.5 Å². The summed E-state index contributed by atoms with van der Waals surface area (Å²) in [6.07, 6.45) is 0.855. The van der Waals surface area contributed by atoms with Gasteiger partial charge in [-0.25, -0.2) is 13.6 Å². The molecule has 0 aliphatic heterocycles. The number of hydrogen-bond donors (Lipinski definition) is 1. The second-order valence-corrected chi connectivity index (χ2v) is 5.75. The highest BCUT2D eigenvalue weighted by molar-refractivity contribution is 7.89. The molecule has 0 amide bonds. The summed E-state index contributed by atoms with van der Waals surface area (Å²) in [7, 11) is -2.11. The summed E-state index contributed by atoms with van der Waals surface area (Å²) in [6.45, 7) is 0.249. The van der Waals surface area contributed by atoms with Crippen LogP contribution in [0.1, 0.15) is 12.8 Å². The van der Waals surface area contributed by atoms with Gasteiger partial charge in [0.2, 0.25) is 10.0 Å². The summed E-state index contributed by atoms with van der Waals surface area (Å²) in [4.78, 5) is 10.2. The fourth-order valence-electron chi connectivity index (χ4n) is 1.50. The number of nitro benzene ring substituents is 1. The molecule has 0 aromatic heterocycles. The van der Waals surface area contributed by atoms with Gasteiger partial charge in [0.05, 0.1) is 30.5 Å². The van der Waals surface area contributed by atoms with Crippen molar-refractivity contribution in [2.75, 3.05) is 19.5 Å². The van der Waals surface area contributed by atoms with E-state index in [1.54, 1.807) is 6.07 Å². The summed E-state index contributed by atoms with van der Waals surface area (Å²) >= 11 is 0. The molecule has 8 nitrogen and oxygen atoms in total. The van der Waals surface area contributed by atoms with Crippen molar-refractivity contribution in [3.8, 4) is 11.5 Å². The molecule has 9 heteroatoms. The van der Waals surface area contributed by atoms with E-state index in [4.69, 9.17) is 14.6 Å². The number of nitro groups is 1. The Morgan fingerprint density at radius 3 is 2.60 bits per heavy atom. The molecule has 2 N–H and O–H groups in total. The zero-order valence-electron chi connectivity index (χ0n) is 10.9. The van der Waals surface area contributed by atoms with Gasteiger partial charge in [-0.2, -0.15) is 0 Å². The second-order valence-electron chi connectivity index (χ2n) is 4.01. The number of benzene rings is 1. The summed E-state index contributed by atoms with van der Waals surface area (Å²) in [6, 6.07) is 4.25. The van der Waals surface area contributed by atoms with E-state index in [2.05, 4.69) is 0 Å². The van der Waals surface area contributed by atoms with Crippen molar-refractivity contribution in [1.29, 1.82) is 0 Å². The molecule has 1 rings (SSSR count). The lowest BCUT2D eigenvalue weighted by Crippen LogP contribution is -2.16. The third-order valence-corrected chi connectivity index (χ3v) is 3.30. The molecule has 0 aliphatic rings. The van der Waals surface area contributed by atoms with Gasteiger partial charge >= 0.3 is 5.69 Å². The molecule has 1 aromatic rings. The molecule has 0 spiro atoms. The van der Waals surface area contributed by atoms with Gasteiger partial charge in [-0.3, -0.25) is 10.1 Å². The quantitative estimate of drug-likeness (QED) is 0.435. The molecule has 0 fully saturated rings. The average Bonchev–Trinajstić information content (AvgIpc) is 2.36. The maximum absolute atomic E-state index is 10.8. The molecule has 0 saturated heterocycles. The number of rotatable bonds is 8. The number of unbranched alkanes of at least 4 members (excludes halogenated alkanes) is 1. The average molecular weight is 304 g/mol. The monoisotopic (exact) mass is 304 g/mol. The first-order chi connectivity index (χ1) is 9.33. The third kappa shape index (κ3) is 5.41. The predicted molar refractivity (Wildman–Crippen MR) is 72.4 cm³/mol. The van der Waals surface area contributed by atoms with E-state index in [1.165, 1.54) is 19.2 Å². The molecule has 0 unspecified atom stereocenters. The van der Waals surface area contributed by atoms with Gasteiger partial charge in [0.1, 0.15) is 5.75 Å². The van der Waals surface area contributed by atoms with Crippen molar-refractivity contribution in [2.24, 2.45) is 5.14 Å². The molecular weight excluding hydrogens is 288 g/mol. The molecule has 0 heterocycles. The van der Waals surface area contributed by atoms with Gasteiger partial charge in [-0.1, -0.05) is 0 Å². The van der Waals surface area contributed by atoms with Crippen LogP contribution in [0.5, 0.6) is 11.5 Å². The second kappa shape index (κ2) is 7.06. The smallest absolute Gasteiger partial charge is 0.314 e. The Balaban J connectivity index is 2.53. The lowest BCUT2D eigenvalue weighted by Gasteiger charge is -2.07. The van der Waals surface area contributed by atoms with Gasteiger partial charge in [-0.05, 0) is 25.0 Å². The molecule has 112 valence electrons. The Bertz CT molecular complexity index is 572. The maximum atomic E-state index is 10.8. The van der Waals surface area contributed by atoms with Gasteiger partial charge in [0.15, 0.2) is 5.75 Å². The van der Waals surface area contributed by atoms with Crippen molar-refractivity contribution in [3.63, 3.8) is 0 Å². The highest BCUT2D eigenvalue weighted by atomic mass is 32.2. The van der Waals surface area contributed by atoms with E-state index < -0.39 is 14.9 Å². The first kappa shape index (κ1) is 16.2. The largest absolute Gasteiger partial charge is 0.493 e. The number of sulfonamides is 1. The van der Waals surface area contributed by atoms with Crippen LogP contribution in [0.4, 0.5) is 5.69 Å². The van der Waals surface area contributed by atoms with Crippen LogP contribution in [0.2, 0.25) is 0 Å². The number of methoxy groups -OCH3 is 1. The number of ether oxygens (including phenoxy) is 2. The first-order valence-electron chi connectivity index (χ1n) is 5.79. The van der Waals surface area contributed by atoms with Crippen LogP contribution in [0.25, 0.3) is 0 Å². The van der Waals surface area contributed by atoms with Crippen molar-refractivity contribution in [2.45, 2.75) is 12.8 Å². The lowest BCUT2D eigenvalue weighted by molar-refractivity contribution is -0.385. The highest BCUT2D eigenvalue weighted by Gasteiger charge is 2.15. The number of nitrogens with two attached hydrogens (primary N) is 1. The van der Waals surface area contributed by atoms with Crippen molar-refractivity contribution in [1.82, 2.24) is 0 Å². The van der Waals surface area contributed by atoms with E-state index >= 15 is 0 Å². The molecule has 0 atom stereocenters. The van der Waals surface area contributed by atoms with Crippen molar-refractivity contribution >= 4 is 15.7 Å². The maximum Gasteiger partial charge on any atom is 0.314 e. The van der Waals surface area contributed by atoms with Gasteiger partial charge in [-0.15, -0.1) is 0 Å². The van der Waals surface area contributed by atoms with Crippen LogP contribution in [-0.4, -0.2) is 32.8 Å². The normalized spacial score (nSPS) is 11.1. The van der Waals surface area contributed by atoms with Crippen LogP contribution in [-0.2, 0) is 10.0 Å². The molecule has 0 aliphatic carbocycles. The minimum atomic E-state index is -3.46. The minimum Gasteiger partial charge on any atom is -0.493 e. The van der Waals surface area contributed by atoms with Crippen LogP contribution in [0, 0.1) is 10.1 Å². The van der Waals surface area contributed by atoms with Crippen LogP contribution in [0.15, 0.2) is 18.2 Å². The zero-order valence-corrected chi connectivity index (χ0v) is 11.8. The Morgan fingerprint density at radius 2 is 2.05 bits per heavy atom. The fourth-order valence-corrected chi connectivity index (χ4v) is 2.10. The van der Waals surface area contributed by atoms with Crippen LogP contribution < -0.4 is 14.6 Å². The van der Waals surface area contributed by atoms with E-state index in [0.717, 1.165) is 0 Å². The fraction of sp³-hybridized carbons (Fsp3) is 0.455. The van der Waals surface area contributed by atoms with E-state index in [0.29, 0.717) is 18.6 Å². The van der Waals surface area contributed by atoms with Crippen molar-refractivity contribution < 1.29 is 22.8 Å². The Labute approximate surface area is 116 Å². The number of hydrogen-bond acceptors (Lipinski definition) is 6. The summed E-state index contributed by atoms with van der Waals surface area (Å²) in [5, 5.41) is 15.7. The first-order valence-corrected chi connectivity index (χ1v) is 7.51. The Hall–Kier alpha value is -1.87.